The summed E-state index contributed by atoms with van der Waals surface area (Å²) in [5.74, 6) is 0.437. The van der Waals surface area contributed by atoms with Gasteiger partial charge in [0, 0.05) is 22.2 Å². The summed E-state index contributed by atoms with van der Waals surface area (Å²) in [4.78, 5) is 12.9. The van der Waals surface area contributed by atoms with Crippen LogP contribution in [0.4, 0.5) is 10.2 Å². The molecule has 0 aliphatic heterocycles. The van der Waals surface area contributed by atoms with Crippen LogP contribution in [-0.2, 0) is 6.54 Å². The highest BCUT2D eigenvalue weighted by Gasteiger charge is 2.12. The Hall–Kier alpha value is -2.01. The quantitative estimate of drug-likeness (QED) is 0.734. The Kier molecular flexibility index (Phi) is 3.36. The molecule has 5 heteroatoms. The third kappa shape index (κ3) is 2.36. The van der Waals surface area contributed by atoms with E-state index >= 15 is 0 Å². The number of para-hydroxylation sites is 1. The summed E-state index contributed by atoms with van der Waals surface area (Å²) < 4.78 is 13.8. The fourth-order valence-electron chi connectivity index (χ4n) is 2.22. The summed E-state index contributed by atoms with van der Waals surface area (Å²) in [6, 6.07) is 9.17. The molecule has 0 aliphatic carbocycles. The first-order valence-corrected chi connectivity index (χ1v) is 7.12. The second kappa shape index (κ2) is 5.17. The number of nitrogens with zero attached hydrogens (tertiary/aromatic N) is 3. The number of aryl methyl sites for hydroxylation is 1. The first-order valence-electron chi connectivity index (χ1n) is 6.31. The van der Waals surface area contributed by atoms with Gasteiger partial charge in [0.25, 0.3) is 0 Å². The van der Waals surface area contributed by atoms with Crippen LogP contribution >= 0.6 is 11.3 Å². The average molecular weight is 287 g/mol. The van der Waals surface area contributed by atoms with E-state index in [1.165, 1.54) is 22.1 Å². The third-order valence-corrected chi connectivity index (χ3v) is 4.13. The molecule has 0 spiro atoms. The Labute approximate surface area is 120 Å². The minimum Gasteiger partial charge on any atom is -0.354 e. The highest BCUT2D eigenvalue weighted by Crippen LogP contribution is 2.26. The Morgan fingerprint density at radius 2 is 2.05 bits per heavy atom. The Balaban J connectivity index is 1.99. The van der Waals surface area contributed by atoms with E-state index in [0.717, 1.165) is 17.7 Å². The molecule has 3 aromatic rings. The number of hydrogen-bond acceptors (Lipinski definition) is 4. The van der Waals surface area contributed by atoms with Gasteiger partial charge in [-0.05, 0) is 31.2 Å². The zero-order chi connectivity index (χ0) is 14.1. The van der Waals surface area contributed by atoms with Gasteiger partial charge >= 0.3 is 0 Å². The van der Waals surface area contributed by atoms with E-state index in [-0.39, 0.29) is 5.82 Å². The summed E-state index contributed by atoms with van der Waals surface area (Å²) in [5, 5.41) is 0.739. The van der Waals surface area contributed by atoms with E-state index in [0.29, 0.717) is 5.52 Å². The van der Waals surface area contributed by atoms with E-state index in [2.05, 4.69) is 29.0 Å². The third-order valence-electron chi connectivity index (χ3n) is 3.15. The van der Waals surface area contributed by atoms with Gasteiger partial charge in [-0.2, -0.15) is 0 Å². The van der Waals surface area contributed by atoms with Crippen LogP contribution in [0.1, 0.15) is 9.75 Å². The van der Waals surface area contributed by atoms with Crippen molar-refractivity contribution in [1.29, 1.82) is 0 Å². The van der Waals surface area contributed by atoms with E-state index in [4.69, 9.17) is 0 Å². The molecule has 0 aliphatic rings. The van der Waals surface area contributed by atoms with Gasteiger partial charge in [0.15, 0.2) is 0 Å². The number of halogens is 1. The molecular formula is C15H14FN3S. The van der Waals surface area contributed by atoms with Gasteiger partial charge in [0.2, 0.25) is 0 Å². The van der Waals surface area contributed by atoms with Gasteiger partial charge in [-0.15, -0.1) is 11.3 Å². The van der Waals surface area contributed by atoms with Crippen LogP contribution in [0, 0.1) is 12.7 Å². The minimum atomic E-state index is -0.313. The molecule has 0 saturated carbocycles. The second-order valence-electron chi connectivity index (χ2n) is 4.70. The predicted octanol–water partition coefficient (Wildman–Crippen LogP) is 3.78. The van der Waals surface area contributed by atoms with Gasteiger partial charge < -0.3 is 4.90 Å². The zero-order valence-electron chi connectivity index (χ0n) is 11.3. The number of fused-ring (bicyclic) bond motifs is 1. The fraction of sp³-hybridized carbons (Fsp3) is 0.200. The van der Waals surface area contributed by atoms with E-state index < -0.39 is 0 Å². The maximum Gasteiger partial charge on any atom is 0.149 e. The minimum absolute atomic E-state index is 0.313. The standard InChI is InChI=1S/C15H14FN3S/c1-10-6-7-11(20-10)8-19(2)15-12-4-3-5-13(16)14(12)17-9-18-15/h3-7,9H,8H2,1-2H3. The van der Waals surface area contributed by atoms with Crippen LogP contribution in [0.25, 0.3) is 10.9 Å². The number of anilines is 1. The van der Waals surface area contributed by atoms with Crippen LogP contribution in [0.15, 0.2) is 36.7 Å². The van der Waals surface area contributed by atoms with Gasteiger partial charge in [-0.25, -0.2) is 14.4 Å². The topological polar surface area (TPSA) is 29.0 Å². The van der Waals surface area contributed by atoms with Crippen molar-refractivity contribution in [2.75, 3.05) is 11.9 Å². The van der Waals surface area contributed by atoms with Gasteiger partial charge in [-0.1, -0.05) is 6.07 Å². The summed E-state index contributed by atoms with van der Waals surface area (Å²) >= 11 is 1.76. The molecule has 102 valence electrons. The lowest BCUT2D eigenvalue weighted by molar-refractivity contribution is 0.636. The fourth-order valence-corrected chi connectivity index (χ4v) is 3.16. The molecule has 0 atom stereocenters. The van der Waals surface area contributed by atoms with E-state index in [1.54, 1.807) is 17.4 Å². The lowest BCUT2D eigenvalue weighted by atomic mass is 10.2. The molecule has 0 bridgehead atoms. The lowest BCUT2D eigenvalue weighted by Crippen LogP contribution is -2.17. The Morgan fingerprint density at radius 1 is 1.20 bits per heavy atom. The van der Waals surface area contributed by atoms with E-state index in [1.807, 2.05) is 18.0 Å². The molecule has 1 aromatic carbocycles. The average Bonchev–Trinajstić information content (AvgIpc) is 2.84. The number of aromatic nitrogens is 2. The highest BCUT2D eigenvalue weighted by molar-refractivity contribution is 7.11. The first kappa shape index (κ1) is 13.0. The molecule has 0 radical (unpaired) electrons. The lowest BCUT2D eigenvalue weighted by Gasteiger charge is -2.18. The molecule has 2 heterocycles. The van der Waals surface area contributed by atoms with Crippen LogP contribution in [-0.4, -0.2) is 17.0 Å². The number of benzene rings is 1. The molecule has 0 unspecified atom stereocenters. The number of thiophene rings is 1. The summed E-state index contributed by atoms with van der Waals surface area (Å²) in [6.07, 6.45) is 1.41. The molecule has 0 amide bonds. The van der Waals surface area contributed by atoms with Gasteiger partial charge in [-0.3, -0.25) is 0 Å². The van der Waals surface area contributed by atoms with Crippen LogP contribution in [0.5, 0.6) is 0 Å². The second-order valence-corrected chi connectivity index (χ2v) is 6.07. The maximum atomic E-state index is 13.8. The van der Waals surface area contributed by atoms with Crippen LogP contribution in [0.3, 0.4) is 0 Å². The van der Waals surface area contributed by atoms with Crippen LogP contribution in [0.2, 0.25) is 0 Å². The van der Waals surface area contributed by atoms with Crippen molar-refractivity contribution in [2.45, 2.75) is 13.5 Å². The normalized spacial score (nSPS) is 10.9. The largest absolute Gasteiger partial charge is 0.354 e. The molecule has 3 rings (SSSR count). The SMILES string of the molecule is Cc1ccc(CN(C)c2ncnc3c(F)cccc23)s1. The van der Waals surface area contributed by atoms with Gasteiger partial charge in [0.1, 0.15) is 23.5 Å². The molecule has 3 nitrogen and oxygen atoms in total. The van der Waals surface area contributed by atoms with Crippen molar-refractivity contribution in [3.8, 4) is 0 Å². The molecular weight excluding hydrogens is 273 g/mol. The van der Waals surface area contributed by atoms with Gasteiger partial charge in [0.05, 0.1) is 6.54 Å². The van der Waals surface area contributed by atoms with Crippen molar-refractivity contribution in [1.82, 2.24) is 9.97 Å². The predicted molar refractivity (Wildman–Crippen MR) is 80.7 cm³/mol. The smallest absolute Gasteiger partial charge is 0.149 e. The highest BCUT2D eigenvalue weighted by atomic mass is 32.1. The van der Waals surface area contributed by atoms with Crippen molar-refractivity contribution in [2.24, 2.45) is 0 Å². The zero-order valence-corrected chi connectivity index (χ0v) is 12.1. The van der Waals surface area contributed by atoms with E-state index in [9.17, 15) is 4.39 Å². The molecule has 20 heavy (non-hydrogen) atoms. The number of rotatable bonds is 3. The van der Waals surface area contributed by atoms with Crippen molar-refractivity contribution < 1.29 is 4.39 Å². The summed E-state index contributed by atoms with van der Waals surface area (Å²) in [7, 11) is 1.96. The maximum absolute atomic E-state index is 13.8. The van der Waals surface area contributed by atoms with Crippen molar-refractivity contribution in [3.63, 3.8) is 0 Å². The van der Waals surface area contributed by atoms with Crippen LogP contribution < -0.4 is 4.90 Å². The summed E-state index contributed by atoms with van der Waals surface area (Å²) in [6.45, 7) is 2.84. The Bertz CT molecular complexity index is 754. The molecule has 0 fully saturated rings. The summed E-state index contributed by atoms with van der Waals surface area (Å²) in [5.41, 5.74) is 0.367. The molecule has 0 N–H and O–H groups in total. The molecule has 2 aromatic heterocycles. The first-order chi connectivity index (χ1) is 9.65. The monoisotopic (exact) mass is 287 g/mol. The van der Waals surface area contributed by atoms with Crippen molar-refractivity contribution in [3.05, 3.63) is 52.2 Å². The van der Waals surface area contributed by atoms with Crippen molar-refractivity contribution >= 4 is 28.1 Å². The Morgan fingerprint density at radius 3 is 2.80 bits per heavy atom. The molecule has 0 saturated heterocycles. The number of hydrogen-bond donors (Lipinski definition) is 0.